The van der Waals surface area contributed by atoms with Crippen LogP contribution in [-0.2, 0) is 0 Å². The highest BCUT2D eigenvalue weighted by Gasteiger charge is 2.31. The Hall–Kier alpha value is -2.21. The van der Waals surface area contributed by atoms with Crippen molar-refractivity contribution in [3.63, 3.8) is 0 Å². The van der Waals surface area contributed by atoms with Crippen LogP contribution in [0, 0.1) is 10.1 Å². The zero-order valence-electron chi connectivity index (χ0n) is 11.2. The van der Waals surface area contributed by atoms with E-state index < -0.39 is 0 Å². The smallest absolute Gasteiger partial charge is 0.311 e. The Morgan fingerprint density at radius 3 is 2.95 bits per heavy atom. The van der Waals surface area contributed by atoms with Crippen LogP contribution in [0.1, 0.15) is 13.3 Å². The fraction of sp³-hybridized carbons (Fsp3) is 0.357. The van der Waals surface area contributed by atoms with Crippen molar-refractivity contribution >= 4 is 22.3 Å². The van der Waals surface area contributed by atoms with Crippen molar-refractivity contribution in [2.45, 2.75) is 18.9 Å². The number of nitrogens with one attached hydrogen (secondary N) is 2. The number of nitrogens with zero attached hydrogens (tertiary/aromatic N) is 2. The SMILES string of the molecule is CC1(Nc2c([N+](=O)[O-])cnc3ccccc23)CCNC1. The van der Waals surface area contributed by atoms with Gasteiger partial charge in [-0.2, -0.15) is 0 Å². The van der Waals surface area contributed by atoms with Gasteiger partial charge in [0.2, 0.25) is 0 Å². The number of hydrogen-bond acceptors (Lipinski definition) is 5. The maximum Gasteiger partial charge on any atom is 0.311 e. The minimum absolute atomic E-state index is 0.0248. The molecule has 1 aromatic heterocycles. The first-order chi connectivity index (χ1) is 9.59. The van der Waals surface area contributed by atoms with Gasteiger partial charge in [-0.15, -0.1) is 0 Å². The molecule has 1 aliphatic heterocycles. The van der Waals surface area contributed by atoms with Gasteiger partial charge in [-0.3, -0.25) is 10.1 Å². The van der Waals surface area contributed by atoms with Crippen LogP contribution < -0.4 is 10.6 Å². The number of benzene rings is 1. The molecule has 6 nitrogen and oxygen atoms in total. The van der Waals surface area contributed by atoms with Gasteiger partial charge in [0, 0.05) is 17.5 Å². The van der Waals surface area contributed by atoms with E-state index in [-0.39, 0.29) is 16.1 Å². The summed E-state index contributed by atoms with van der Waals surface area (Å²) in [5.41, 5.74) is 1.17. The summed E-state index contributed by atoms with van der Waals surface area (Å²) < 4.78 is 0. The monoisotopic (exact) mass is 272 g/mol. The highest BCUT2D eigenvalue weighted by molar-refractivity contribution is 5.95. The van der Waals surface area contributed by atoms with Crippen molar-refractivity contribution < 1.29 is 4.92 Å². The summed E-state index contributed by atoms with van der Waals surface area (Å²) in [5, 5.41) is 18.7. The van der Waals surface area contributed by atoms with Crippen LogP contribution in [0.4, 0.5) is 11.4 Å². The van der Waals surface area contributed by atoms with E-state index in [1.807, 2.05) is 24.3 Å². The first kappa shape index (κ1) is 12.8. The van der Waals surface area contributed by atoms with Crippen molar-refractivity contribution in [2.75, 3.05) is 18.4 Å². The average Bonchev–Trinajstić information content (AvgIpc) is 2.85. The van der Waals surface area contributed by atoms with Crippen molar-refractivity contribution in [3.05, 3.63) is 40.6 Å². The van der Waals surface area contributed by atoms with E-state index in [1.165, 1.54) is 6.20 Å². The molecule has 1 unspecified atom stereocenters. The number of rotatable bonds is 3. The molecule has 1 fully saturated rings. The lowest BCUT2D eigenvalue weighted by molar-refractivity contribution is -0.384. The standard InChI is InChI=1S/C14H16N4O2/c1-14(6-7-15-9-14)17-13-10-4-2-3-5-11(10)16-8-12(13)18(19)20/h2-5,8,15H,6-7,9H2,1H3,(H,16,17). The van der Waals surface area contributed by atoms with E-state index in [4.69, 9.17) is 0 Å². The molecule has 104 valence electrons. The lowest BCUT2D eigenvalue weighted by atomic mass is 10.00. The Kier molecular flexibility index (Phi) is 3.02. The van der Waals surface area contributed by atoms with Crippen LogP contribution in [0.2, 0.25) is 0 Å². The van der Waals surface area contributed by atoms with E-state index in [1.54, 1.807) is 0 Å². The molecule has 1 aliphatic rings. The molecular formula is C14H16N4O2. The van der Waals surface area contributed by atoms with Gasteiger partial charge >= 0.3 is 5.69 Å². The molecule has 2 N–H and O–H groups in total. The van der Waals surface area contributed by atoms with Gasteiger partial charge < -0.3 is 10.6 Å². The number of pyridine rings is 1. The maximum atomic E-state index is 11.3. The summed E-state index contributed by atoms with van der Waals surface area (Å²) in [4.78, 5) is 15.0. The van der Waals surface area contributed by atoms with Crippen LogP contribution >= 0.6 is 0 Å². The minimum atomic E-state index is -0.381. The van der Waals surface area contributed by atoms with E-state index in [2.05, 4.69) is 22.5 Å². The summed E-state index contributed by atoms with van der Waals surface area (Å²) in [6.07, 6.45) is 2.26. The van der Waals surface area contributed by atoms with Gasteiger partial charge in [0.05, 0.1) is 10.4 Å². The van der Waals surface area contributed by atoms with Gasteiger partial charge in [-0.25, -0.2) is 4.98 Å². The van der Waals surface area contributed by atoms with Crippen molar-refractivity contribution in [1.82, 2.24) is 10.3 Å². The quantitative estimate of drug-likeness (QED) is 0.662. The Morgan fingerprint density at radius 1 is 1.45 bits per heavy atom. The molecule has 2 heterocycles. The fourth-order valence-corrected chi connectivity index (χ4v) is 2.63. The molecule has 1 aromatic carbocycles. The van der Waals surface area contributed by atoms with Gasteiger partial charge in [-0.1, -0.05) is 18.2 Å². The van der Waals surface area contributed by atoms with E-state index in [0.29, 0.717) is 5.69 Å². The van der Waals surface area contributed by atoms with Crippen LogP contribution in [0.15, 0.2) is 30.5 Å². The van der Waals surface area contributed by atoms with Gasteiger partial charge in [0.25, 0.3) is 0 Å². The van der Waals surface area contributed by atoms with Gasteiger partial charge in [-0.05, 0) is 26.0 Å². The van der Waals surface area contributed by atoms with E-state index in [0.717, 1.165) is 30.4 Å². The lowest BCUT2D eigenvalue weighted by Gasteiger charge is -2.26. The summed E-state index contributed by atoms with van der Waals surface area (Å²) in [5.74, 6) is 0. The summed E-state index contributed by atoms with van der Waals surface area (Å²) in [7, 11) is 0. The van der Waals surface area contributed by atoms with E-state index in [9.17, 15) is 10.1 Å². The molecular weight excluding hydrogens is 256 g/mol. The predicted molar refractivity (Wildman–Crippen MR) is 77.9 cm³/mol. The Labute approximate surface area is 116 Å². The van der Waals surface area contributed by atoms with Crippen molar-refractivity contribution in [1.29, 1.82) is 0 Å². The number of para-hydroxylation sites is 1. The van der Waals surface area contributed by atoms with Crippen LogP contribution in [-0.4, -0.2) is 28.5 Å². The second-order valence-corrected chi connectivity index (χ2v) is 5.41. The zero-order valence-corrected chi connectivity index (χ0v) is 11.2. The summed E-state index contributed by atoms with van der Waals surface area (Å²) in [6, 6.07) is 7.47. The predicted octanol–water partition coefficient (Wildman–Crippen LogP) is 2.31. The Bertz CT molecular complexity index is 665. The second-order valence-electron chi connectivity index (χ2n) is 5.41. The minimum Gasteiger partial charge on any atom is -0.372 e. The summed E-state index contributed by atoms with van der Waals surface area (Å²) >= 11 is 0. The Balaban J connectivity index is 2.14. The molecule has 0 saturated carbocycles. The van der Waals surface area contributed by atoms with Gasteiger partial charge in [0.1, 0.15) is 11.9 Å². The van der Waals surface area contributed by atoms with E-state index >= 15 is 0 Å². The zero-order chi connectivity index (χ0) is 14.2. The first-order valence-corrected chi connectivity index (χ1v) is 6.60. The number of nitro groups is 1. The number of anilines is 1. The second kappa shape index (κ2) is 4.72. The molecule has 0 bridgehead atoms. The third-order valence-corrected chi connectivity index (χ3v) is 3.75. The third-order valence-electron chi connectivity index (χ3n) is 3.75. The fourth-order valence-electron chi connectivity index (χ4n) is 2.63. The molecule has 3 rings (SSSR count). The summed E-state index contributed by atoms with van der Waals surface area (Å²) in [6.45, 7) is 3.78. The molecule has 1 atom stereocenters. The molecule has 0 amide bonds. The van der Waals surface area contributed by atoms with Crippen LogP contribution in [0.3, 0.4) is 0 Å². The van der Waals surface area contributed by atoms with Crippen LogP contribution in [0.25, 0.3) is 10.9 Å². The topological polar surface area (TPSA) is 80.1 Å². The maximum absolute atomic E-state index is 11.3. The average molecular weight is 272 g/mol. The highest BCUT2D eigenvalue weighted by atomic mass is 16.6. The molecule has 2 aromatic rings. The van der Waals surface area contributed by atoms with Gasteiger partial charge in [0.15, 0.2) is 0 Å². The highest BCUT2D eigenvalue weighted by Crippen LogP contribution is 2.34. The number of fused-ring (bicyclic) bond motifs is 1. The lowest BCUT2D eigenvalue weighted by Crippen LogP contribution is -2.37. The molecule has 6 heteroatoms. The molecule has 20 heavy (non-hydrogen) atoms. The molecule has 0 spiro atoms. The number of hydrogen-bond donors (Lipinski definition) is 2. The largest absolute Gasteiger partial charge is 0.372 e. The van der Waals surface area contributed by atoms with Crippen molar-refractivity contribution in [2.24, 2.45) is 0 Å². The van der Waals surface area contributed by atoms with Crippen molar-refractivity contribution in [3.8, 4) is 0 Å². The molecule has 1 saturated heterocycles. The Morgan fingerprint density at radius 2 is 2.25 bits per heavy atom. The molecule has 0 aliphatic carbocycles. The first-order valence-electron chi connectivity index (χ1n) is 6.60. The van der Waals surface area contributed by atoms with Crippen LogP contribution in [0.5, 0.6) is 0 Å². The third kappa shape index (κ3) is 2.18. The normalized spacial score (nSPS) is 22.1. The molecule has 0 radical (unpaired) electrons. The number of aromatic nitrogens is 1.